The maximum atomic E-state index is 12.6. The van der Waals surface area contributed by atoms with Gasteiger partial charge in [0.1, 0.15) is 16.3 Å². The molecule has 2 heterocycles. The number of hydrogen-bond donors (Lipinski definition) is 2. The molecule has 0 saturated heterocycles. The largest absolute Gasteiger partial charge is 0.477 e. The Bertz CT molecular complexity index is 1060. The number of aromatic carboxylic acids is 1. The lowest BCUT2D eigenvalue weighted by atomic mass is 10.2. The van der Waals surface area contributed by atoms with Crippen molar-refractivity contribution in [2.24, 2.45) is 0 Å². The van der Waals surface area contributed by atoms with Gasteiger partial charge in [-0.15, -0.1) is 11.3 Å². The average Bonchev–Trinajstić information content (AvgIpc) is 2.90. The van der Waals surface area contributed by atoms with E-state index in [2.05, 4.69) is 10.3 Å². The highest BCUT2D eigenvalue weighted by Gasteiger charge is 2.19. The van der Waals surface area contributed by atoms with Crippen molar-refractivity contribution in [3.63, 3.8) is 0 Å². The molecule has 0 fully saturated rings. The molecule has 25 heavy (non-hydrogen) atoms. The highest BCUT2D eigenvalue weighted by atomic mass is 35.5. The van der Waals surface area contributed by atoms with Crippen molar-refractivity contribution >= 4 is 50.7 Å². The van der Waals surface area contributed by atoms with Crippen molar-refractivity contribution in [3.05, 3.63) is 56.4 Å². The van der Waals surface area contributed by atoms with Crippen LogP contribution in [0.4, 0.5) is 5.69 Å². The molecule has 0 saturated carbocycles. The quantitative estimate of drug-likeness (QED) is 0.728. The fourth-order valence-electron chi connectivity index (χ4n) is 2.38. The second-order valence-corrected chi connectivity index (χ2v) is 6.65. The number of fused-ring (bicyclic) bond motifs is 1. The second-order valence-electron chi connectivity index (χ2n) is 5.25. The number of hydrogen-bond acceptors (Lipinski definition) is 5. The number of nitrogens with zero attached hydrogens (tertiary/aromatic N) is 2. The van der Waals surface area contributed by atoms with Gasteiger partial charge in [-0.25, -0.2) is 9.78 Å². The minimum absolute atomic E-state index is 0.0675. The number of thiophene rings is 1. The van der Waals surface area contributed by atoms with Crippen molar-refractivity contribution < 1.29 is 14.7 Å². The summed E-state index contributed by atoms with van der Waals surface area (Å²) in [4.78, 5) is 40.4. The minimum atomic E-state index is -1.11. The molecule has 0 aliphatic heterocycles. The molecule has 0 unspecified atom stereocenters. The van der Waals surface area contributed by atoms with Crippen molar-refractivity contribution in [3.8, 4) is 0 Å². The third-order valence-electron chi connectivity index (χ3n) is 3.57. The normalized spacial score (nSPS) is 10.8. The fraction of sp³-hybridized carbons (Fsp3) is 0.125. The van der Waals surface area contributed by atoms with E-state index in [1.807, 2.05) is 0 Å². The van der Waals surface area contributed by atoms with Crippen molar-refractivity contribution in [2.45, 2.75) is 13.5 Å². The van der Waals surface area contributed by atoms with Crippen LogP contribution in [0, 0.1) is 6.92 Å². The topological polar surface area (TPSA) is 101 Å². The zero-order chi connectivity index (χ0) is 18.1. The fourth-order valence-corrected chi connectivity index (χ4v) is 3.54. The number of aromatic nitrogens is 2. The van der Waals surface area contributed by atoms with Gasteiger partial charge in [0.25, 0.3) is 5.56 Å². The van der Waals surface area contributed by atoms with Crippen molar-refractivity contribution in [1.82, 2.24) is 9.55 Å². The van der Waals surface area contributed by atoms with E-state index in [4.69, 9.17) is 16.7 Å². The van der Waals surface area contributed by atoms with Crippen LogP contribution >= 0.6 is 22.9 Å². The van der Waals surface area contributed by atoms with Crippen LogP contribution < -0.4 is 10.9 Å². The molecule has 2 aromatic heterocycles. The Balaban J connectivity index is 1.92. The van der Waals surface area contributed by atoms with Crippen LogP contribution in [0.15, 0.2) is 35.4 Å². The van der Waals surface area contributed by atoms with Gasteiger partial charge < -0.3 is 10.4 Å². The predicted molar refractivity (Wildman–Crippen MR) is 95.7 cm³/mol. The monoisotopic (exact) mass is 377 g/mol. The number of anilines is 1. The van der Waals surface area contributed by atoms with Crippen LogP contribution in [-0.2, 0) is 11.3 Å². The number of nitrogens with one attached hydrogen (secondary N) is 1. The molecule has 7 nitrogen and oxygen atoms in total. The van der Waals surface area contributed by atoms with Crippen LogP contribution in [0.2, 0.25) is 5.02 Å². The molecule has 9 heteroatoms. The highest BCUT2D eigenvalue weighted by Crippen LogP contribution is 2.26. The Hall–Kier alpha value is -2.71. The molecule has 0 spiro atoms. The van der Waals surface area contributed by atoms with E-state index in [0.29, 0.717) is 21.1 Å². The number of carboxylic acids is 1. The van der Waals surface area contributed by atoms with E-state index < -0.39 is 17.4 Å². The number of halogens is 1. The molecule has 0 bridgehead atoms. The van der Waals surface area contributed by atoms with E-state index in [1.54, 1.807) is 31.2 Å². The molecular formula is C16H12ClN3O4S. The molecule has 2 N–H and O–H groups in total. The molecule has 1 amide bonds. The first-order valence-electron chi connectivity index (χ1n) is 7.14. The number of amides is 1. The number of carbonyl (C=O) groups excluding carboxylic acids is 1. The lowest BCUT2D eigenvalue weighted by molar-refractivity contribution is -0.116. The molecule has 0 atom stereocenters. The lowest BCUT2D eigenvalue weighted by Crippen LogP contribution is -2.28. The van der Waals surface area contributed by atoms with Gasteiger partial charge in [-0.05, 0) is 24.6 Å². The highest BCUT2D eigenvalue weighted by molar-refractivity contribution is 7.20. The standard InChI is InChI=1S/C16H12ClN3O4S/c1-8-12-14(25-13(8)16(23)24)18-7-20(15(12)22)6-11(21)19-10-5-3-2-4-9(10)17/h2-5,7H,6H2,1H3,(H,19,21)(H,23,24). The zero-order valence-electron chi connectivity index (χ0n) is 12.9. The van der Waals surface area contributed by atoms with Gasteiger partial charge in [0, 0.05) is 0 Å². The van der Waals surface area contributed by atoms with Crippen LogP contribution in [0.25, 0.3) is 10.2 Å². The summed E-state index contributed by atoms with van der Waals surface area (Å²) in [7, 11) is 0. The molecule has 128 valence electrons. The Kier molecular flexibility index (Phi) is 4.56. The minimum Gasteiger partial charge on any atom is -0.477 e. The molecule has 0 aliphatic rings. The number of aryl methyl sites for hydroxylation is 1. The molecule has 1 aromatic carbocycles. The SMILES string of the molecule is Cc1c(C(=O)O)sc2ncn(CC(=O)Nc3ccccc3Cl)c(=O)c12. The van der Waals surface area contributed by atoms with Crippen molar-refractivity contribution in [1.29, 1.82) is 0 Å². The van der Waals surface area contributed by atoms with Crippen LogP contribution in [-0.4, -0.2) is 26.5 Å². The Morgan fingerprint density at radius 2 is 2.08 bits per heavy atom. The van der Waals surface area contributed by atoms with Crippen molar-refractivity contribution in [2.75, 3.05) is 5.32 Å². The molecular weight excluding hydrogens is 366 g/mol. The maximum Gasteiger partial charge on any atom is 0.346 e. The Morgan fingerprint density at radius 3 is 2.76 bits per heavy atom. The second kappa shape index (κ2) is 6.66. The number of rotatable bonds is 4. The van der Waals surface area contributed by atoms with E-state index in [-0.39, 0.29) is 16.8 Å². The van der Waals surface area contributed by atoms with Gasteiger partial charge in [0.15, 0.2) is 0 Å². The summed E-state index contributed by atoms with van der Waals surface area (Å²) in [5.74, 6) is -1.55. The summed E-state index contributed by atoms with van der Waals surface area (Å²) < 4.78 is 1.14. The first-order valence-corrected chi connectivity index (χ1v) is 8.34. The van der Waals surface area contributed by atoms with Crippen LogP contribution in [0.3, 0.4) is 0 Å². The van der Waals surface area contributed by atoms with Gasteiger partial charge in [0.2, 0.25) is 5.91 Å². The Labute approximate surface area is 150 Å². The first-order chi connectivity index (χ1) is 11.9. The molecule has 3 aromatic rings. The first kappa shape index (κ1) is 17.1. The Morgan fingerprint density at radius 1 is 1.36 bits per heavy atom. The predicted octanol–water partition coefficient (Wildman–Crippen LogP) is 2.76. The summed E-state index contributed by atoms with van der Waals surface area (Å²) >= 11 is 6.92. The van der Waals surface area contributed by atoms with Gasteiger partial charge in [-0.3, -0.25) is 14.2 Å². The lowest BCUT2D eigenvalue weighted by Gasteiger charge is -2.08. The zero-order valence-corrected chi connectivity index (χ0v) is 14.5. The van der Waals surface area contributed by atoms with E-state index in [9.17, 15) is 14.4 Å². The number of carbonyl (C=O) groups is 2. The van der Waals surface area contributed by atoms with E-state index in [1.165, 1.54) is 6.33 Å². The number of para-hydroxylation sites is 1. The molecule has 0 aliphatic carbocycles. The van der Waals surface area contributed by atoms with Gasteiger partial charge in [-0.2, -0.15) is 0 Å². The van der Waals surface area contributed by atoms with Crippen LogP contribution in [0.5, 0.6) is 0 Å². The average molecular weight is 378 g/mol. The summed E-state index contributed by atoms with van der Waals surface area (Å²) in [6.07, 6.45) is 1.23. The van der Waals surface area contributed by atoms with Gasteiger partial charge in [0.05, 0.1) is 22.4 Å². The molecule has 0 radical (unpaired) electrons. The summed E-state index contributed by atoms with van der Waals surface area (Å²) in [6, 6.07) is 6.74. The van der Waals surface area contributed by atoms with Gasteiger partial charge in [-0.1, -0.05) is 23.7 Å². The van der Waals surface area contributed by atoms with E-state index >= 15 is 0 Å². The third-order valence-corrected chi connectivity index (χ3v) is 5.09. The van der Waals surface area contributed by atoms with E-state index in [0.717, 1.165) is 15.9 Å². The van der Waals surface area contributed by atoms with Gasteiger partial charge >= 0.3 is 5.97 Å². The van der Waals surface area contributed by atoms with Crippen LogP contribution in [0.1, 0.15) is 15.2 Å². The summed E-state index contributed by atoms with van der Waals surface area (Å²) in [5.41, 5.74) is 0.336. The summed E-state index contributed by atoms with van der Waals surface area (Å²) in [6.45, 7) is 1.30. The third kappa shape index (κ3) is 3.26. The summed E-state index contributed by atoms with van der Waals surface area (Å²) in [5, 5.41) is 12.4. The smallest absolute Gasteiger partial charge is 0.346 e. The number of carboxylic acid groups (broad SMARTS) is 1. The number of benzene rings is 1. The maximum absolute atomic E-state index is 12.6. The molecule has 3 rings (SSSR count).